The third-order valence-electron chi connectivity index (χ3n) is 2.39. The Morgan fingerprint density at radius 3 is 2.82 bits per heavy atom. The summed E-state index contributed by atoms with van der Waals surface area (Å²) in [4.78, 5) is 4.11. The Hall–Kier alpha value is -1.81. The van der Waals surface area contributed by atoms with Crippen molar-refractivity contribution < 1.29 is 4.39 Å². The van der Waals surface area contributed by atoms with Crippen LogP contribution in [0.2, 0.25) is 5.02 Å². The largest absolute Gasteiger partial charge is 0.396 e. The van der Waals surface area contributed by atoms with Gasteiger partial charge < -0.3 is 11.1 Å². The smallest absolute Gasteiger partial charge is 0.153 e. The van der Waals surface area contributed by atoms with Crippen molar-refractivity contribution in [1.82, 2.24) is 4.98 Å². The highest BCUT2D eigenvalue weighted by Crippen LogP contribution is 2.25. The van der Waals surface area contributed by atoms with E-state index in [1.807, 2.05) is 13.0 Å². The molecular formula is C12H11ClFN3. The van der Waals surface area contributed by atoms with E-state index in [0.29, 0.717) is 17.2 Å². The van der Waals surface area contributed by atoms with Crippen LogP contribution in [0.15, 0.2) is 30.5 Å². The normalized spacial score (nSPS) is 10.3. The van der Waals surface area contributed by atoms with Gasteiger partial charge in [-0.15, -0.1) is 0 Å². The summed E-state index contributed by atoms with van der Waals surface area (Å²) in [5, 5.41) is 3.05. The Morgan fingerprint density at radius 1 is 1.35 bits per heavy atom. The number of benzene rings is 1. The lowest BCUT2D eigenvalue weighted by Gasteiger charge is -2.10. The summed E-state index contributed by atoms with van der Waals surface area (Å²) in [6.07, 6.45) is 1.65. The van der Waals surface area contributed by atoms with Crippen LogP contribution >= 0.6 is 11.6 Å². The number of hydrogen-bond donors (Lipinski definition) is 2. The van der Waals surface area contributed by atoms with Gasteiger partial charge >= 0.3 is 0 Å². The Balaban J connectivity index is 2.31. The molecule has 0 radical (unpaired) electrons. The summed E-state index contributed by atoms with van der Waals surface area (Å²) < 4.78 is 13.0. The van der Waals surface area contributed by atoms with Gasteiger partial charge in [-0.3, -0.25) is 0 Å². The van der Waals surface area contributed by atoms with Crippen LogP contribution in [0.5, 0.6) is 0 Å². The second-order valence-electron chi connectivity index (χ2n) is 3.64. The van der Waals surface area contributed by atoms with Crippen molar-refractivity contribution in [2.45, 2.75) is 6.92 Å². The molecule has 1 aromatic heterocycles. The number of hydrogen-bond acceptors (Lipinski definition) is 3. The molecule has 0 aliphatic carbocycles. The molecule has 0 unspecified atom stereocenters. The lowest BCUT2D eigenvalue weighted by molar-refractivity contribution is 0.628. The van der Waals surface area contributed by atoms with Gasteiger partial charge in [0.15, 0.2) is 5.82 Å². The van der Waals surface area contributed by atoms with Gasteiger partial charge in [-0.05, 0) is 36.8 Å². The predicted molar refractivity (Wildman–Crippen MR) is 68.1 cm³/mol. The number of rotatable bonds is 2. The Labute approximate surface area is 103 Å². The first-order valence-corrected chi connectivity index (χ1v) is 5.39. The topological polar surface area (TPSA) is 50.9 Å². The standard InChI is InChI=1S/C12H11ClFN3/c1-7-4-5-16-12(11(7)15)17-8-2-3-10(14)9(13)6-8/h2-6H,15H2,1H3,(H,16,17). The van der Waals surface area contributed by atoms with Crippen LogP contribution in [0.25, 0.3) is 0 Å². The minimum atomic E-state index is -0.456. The van der Waals surface area contributed by atoms with Crippen molar-refractivity contribution in [2.75, 3.05) is 11.1 Å². The molecule has 1 heterocycles. The van der Waals surface area contributed by atoms with E-state index in [4.69, 9.17) is 17.3 Å². The zero-order valence-corrected chi connectivity index (χ0v) is 9.92. The average Bonchev–Trinajstić information content (AvgIpc) is 2.30. The molecule has 0 spiro atoms. The van der Waals surface area contributed by atoms with Crippen LogP contribution in [-0.4, -0.2) is 4.98 Å². The molecule has 5 heteroatoms. The van der Waals surface area contributed by atoms with Gasteiger partial charge in [-0.1, -0.05) is 11.6 Å². The number of aromatic nitrogens is 1. The van der Waals surface area contributed by atoms with Crippen molar-refractivity contribution >= 4 is 28.8 Å². The van der Waals surface area contributed by atoms with Gasteiger partial charge in [0, 0.05) is 11.9 Å². The maximum absolute atomic E-state index is 13.0. The second kappa shape index (κ2) is 4.59. The van der Waals surface area contributed by atoms with Crippen molar-refractivity contribution in [1.29, 1.82) is 0 Å². The Bertz CT molecular complexity index is 557. The maximum atomic E-state index is 13.0. The summed E-state index contributed by atoms with van der Waals surface area (Å²) in [7, 11) is 0. The zero-order valence-electron chi connectivity index (χ0n) is 9.17. The van der Waals surface area contributed by atoms with Crippen LogP contribution in [0.3, 0.4) is 0 Å². The minimum Gasteiger partial charge on any atom is -0.396 e. The first-order chi connectivity index (χ1) is 8.08. The fourth-order valence-electron chi connectivity index (χ4n) is 1.38. The van der Waals surface area contributed by atoms with Crippen LogP contribution in [-0.2, 0) is 0 Å². The van der Waals surface area contributed by atoms with E-state index in [0.717, 1.165) is 5.56 Å². The molecule has 3 nitrogen and oxygen atoms in total. The second-order valence-corrected chi connectivity index (χ2v) is 4.05. The first-order valence-electron chi connectivity index (χ1n) is 5.01. The van der Waals surface area contributed by atoms with Gasteiger partial charge in [0.25, 0.3) is 0 Å². The lowest BCUT2D eigenvalue weighted by atomic mass is 10.2. The first kappa shape index (κ1) is 11.7. The van der Waals surface area contributed by atoms with E-state index in [2.05, 4.69) is 10.3 Å². The number of nitrogens with zero attached hydrogens (tertiary/aromatic N) is 1. The third-order valence-corrected chi connectivity index (χ3v) is 2.68. The minimum absolute atomic E-state index is 0.0567. The van der Waals surface area contributed by atoms with Gasteiger partial charge in [0.1, 0.15) is 5.82 Å². The van der Waals surface area contributed by atoms with Crippen LogP contribution in [0.1, 0.15) is 5.56 Å². The molecule has 3 N–H and O–H groups in total. The van der Waals surface area contributed by atoms with E-state index in [-0.39, 0.29) is 5.02 Å². The number of nitrogens with one attached hydrogen (secondary N) is 1. The van der Waals surface area contributed by atoms with Crippen LogP contribution < -0.4 is 11.1 Å². The number of halogens is 2. The van der Waals surface area contributed by atoms with Crippen LogP contribution in [0.4, 0.5) is 21.6 Å². The SMILES string of the molecule is Cc1ccnc(Nc2ccc(F)c(Cl)c2)c1N. The zero-order chi connectivity index (χ0) is 12.4. The molecule has 0 aliphatic heterocycles. The number of anilines is 3. The van der Waals surface area contributed by atoms with Crippen molar-refractivity contribution in [2.24, 2.45) is 0 Å². The molecule has 0 fully saturated rings. The lowest BCUT2D eigenvalue weighted by Crippen LogP contribution is -2.00. The number of pyridine rings is 1. The highest BCUT2D eigenvalue weighted by atomic mass is 35.5. The molecule has 2 rings (SSSR count). The van der Waals surface area contributed by atoms with Crippen molar-refractivity contribution in [3.8, 4) is 0 Å². The highest BCUT2D eigenvalue weighted by molar-refractivity contribution is 6.31. The summed E-state index contributed by atoms with van der Waals surface area (Å²) >= 11 is 5.68. The summed E-state index contributed by atoms with van der Waals surface area (Å²) in [6, 6.07) is 6.17. The number of aryl methyl sites for hydroxylation is 1. The van der Waals surface area contributed by atoms with Crippen molar-refractivity contribution in [3.05, 3.63) is 46.9 Å². The molecule has 1 aromatic carbocycles. The quantitative estimate of drug-likeness (QED) is 0.859. The van der Waals surface area contributed by atoms with Crippen LogP contribution in [0, 0.1) is 12.7 Å². The predicted octanol–water partition coefficient (Wildman–Crippen LogP) is 3.51. The van der Waals surface area contributed by atoms with E-state index < -0.39 is 5.82 Å². The molecule has 0 saturated carbocycles. The summed E-state index contributed by atoms with van der Waals surface area (Å²) in [6.45, 7) is 1.89. The van der Waals surface area contributed by atoms with E-state index in [1.54, 1.807) is 12.3 Å². The third kappa shape index (κ3) is 2.47. The fourth-order valence-corrected chi connectivity index (χ4v) is 1.56. The molecular weight excluding hydrogens is 241 g/mol. The summed E-state index contributed by atoms with van der Waals surface area (Å²) in [5.41, 5.74) is 8.00. The number of nitrogen functional groups attached to an aromatic ring is 1. The molecule has 0 amide bonds. The monoisotopic (exact) mass is 251 g/mol. The average molecular weight is 252 g/mol. The molecule has 0 aliphatic rings. The highest BCUT2D eigenvalue weighted by Gasteiger charge is 2.05. The van der Waals surface area contributed by atoms with E-state index >= 15 is 0 Å². The maximum Gasteiger partial charge on any atom is 0.153 e. The van der Waals surface area contributed by atoms with Gasteiger partial charge in [0.05, 0.1) is 10.7 Å². The molecule has 17 heavy (non-hydrogen) atoms. The van der Waals surface area contributed by atoms with E-state index in [9.17, 15) is 4.39 Å². The van der Waals surface area contributed by atoms with Gasteiger partial charge in [-0.25, -0.2) is 9.37 Å². The molecule has 2 aromatic rings. The Kier molecular flexibility index (Phi) is 3.15. The Morgan fingerprint density at radius 2 is 2.12 bits per heavy atom. The summed E-state index contributed by atoms with van der Waals surface area (Å²) in [5.74, 6) is 0.0788. The molecule has 88 valence electrons. The van der Waals surface area contributed by atoms with Gasteiger partial charge in [0.2, 0.25) is 0 Å². The van der Waals surface area contributed by atoms with E-state index in [1.165, 1.54) is 12.1 Å². The molecule has 0 bridgehead atoms. The molecule has 0 atom stereocenters. The van der Waals surface area contributed by atoms with Crippen molar-refractivity contribution in [3.63, 3.8) is 0 Å². The number of nitrogens with two attached hydrogens (primary N) is 1. The molecule has 0 saturated heterocycles. The fraction of sp³-hybridized carbons (Fsp3) is 0.0833. The van der Waals surface area contributed by atoms with Gasteiger partial charge in [-0.2, -0.15) is 0 Å².